The molecule has 1 saturated heterocycles. The van der Waals surface area contributed by atoms with Gasteiger partial charge in [0.05, 0.1) is 13.2 Å². The van der Waals surface area contributed by atoms with Crippen LogP contribution in [0.3, 0.4) is 0 Å². The summed E-state index contributed by atoms with van der Waals surface area (Å²) >= 11 is 0. The molecule has 2 fully saturated rings. The van der Waals surface area contributed by atoms with Gasteiger partial charge in [-0.05, 0) is 42.9 Å². The summed E-state index contributed by atoms with van der Waals surface area (Å²) in [7, 11) is 1.51. The molecule has 0 unspecified atom stereocenters. The molecule has 3 heterocycles. The quantitative estimate of drug-likeness (QED) is 0.625. The largest absolute Gasteiger partial charge is 0.468 e. The summed E-state index contributed by atoms with van der Waals surface area (Å²) in [5.41, 5.74) is 5.01. The highest BCUT2D eigenvalue weighted by Gasteiger charge is 2.48. The lowest BCUT2D eigenvalue weighted by Crippen LogP contribution is -2.55. The monoisotopic (exact) mass is 415 g/mol. The maximum absolute atomic E-state index is 13.0. The SMILES string of the molecule is COC(=O)[C@@H]1Cc2c([nH]c3ccccc23)[C@H]2C[C@H](NC3CC3)C[C@@H](c3ccccc3)N21. The number of benzene rings is 2. The van der Waals surface area contributed by atoms with Gasteiger partial charge >= 0.3 is 5.97 Å². The molecule has 0 bridgehead atoms. The van der Waals surface area contributed by atoms with E-state index in [9.17, 15) is 4.79 Å². The molecule has 0 radical (unpaired) electrons. The van der Waals surface area contributed by atoms with Crippen LogP contribution in [0.1, 0.15) is 54.6 Å². The van der Waals surface area contributed by atoms with Crippen LogP contribution in [0.15, 0.2) is 54.6 Å². The molecular formula is C26H29N3O2. The molecule has 0 amide bonds. The second kappa shape index (κ2) is 7.50. The van der Waals surface area contributed by atoms with E-state index >= 15 is 0 Å². The van der Waals surface area contributed by atoms with E-state index in [-0.39, 0.29) is 24.1 Å². The first-order valence-corrected chi connectivity index (χ1v) is 11.5. The van der Waals surface area contributed by atoms with Crippen LogP contribution in [-0.2, 0) is 16.0 Å². The van der Waals surface area contributed by atoms with Gasteiger partial charge in [0.1, 0.15) is 6.04 Å². The first-order chi connectivity index (χ1) is 15.2. The zero-order valence-electron chi connectivity index (χ0n) is 17.9. The van der Waals surface area contributed by atoms with Crippen molar-refractivity contribution in [3.05, 3.63) is 71.4 Å². The number of para-hydroxylation sites is 1. The third-order valence-corrected chi connectivity index (χ3v) is 7.38. The summed E-state index contributed by atoms with van der Waals surface area (Å²) in [6, 6.07) is 20.3. The molecule has 6 rings (SSSR count). The molecular weight excluding hydrogens is 386 g/mol. The molecule has 31 heavy (non-hydrogen) atoms. The zero-order valence-corrected chi connectivity index (χ0v) is 17.9. The Hall–Kier alpha value is -2.63. The minimum Gasteiger partial charge on any atom is -0.468 e. The Morgan fingerprint density at radius 1 is 1.00 bits per heavy atom. The molecule has 5 nitrogen and oxygen atoms in total. The molecule has 3 aromatic rings. The minimum atomic E-state index is -0.270. The molecule has 1 aromatic heterocycles. The number of methoxy groups -OCH3 is 1. The Morgan fingerprint density at radius 3 is 2.52 bits per heavy atom. The molecule has 1 saturated carbocycles. The van der Waals surface area contributed by atoms with Crippen LogP contribution in [-0.4, -0.2) is 41.1 Å². The number of esters is 1. The highest BCUT2D eigenvalue weighted by atomic mass is 16.5. The zero-order chi connectivity index (χ0) is 20.9. The van der Waals surface area contributed by atoms with Gasteiger partial charge < -0.3 is 15.0 Å². The smallest absolute Gasteiger partial charge is 0.323 e. The van der Waals surface area contributed by atoms with Crippen molar-refractivity contribution in [2.24, 2.45) is 0 Å². The lowest BCUT2D eigenvalue weighted by Gasteiger charge is -2.50. The van der Waals surface area contributed by atoms with E-state index in [1.54, 1.807) is 0 Å². The summed E-state index contributed by atoms with van der Waals surface area (Å²) in [4.78, 5) is 19.2. The molecule has 3 aliphatic rings. The van der Waals surface area contributed by atoms with E-state index in [1.807, 2.05) is 0 Å². The summed E-state index contributed by atoms with van der Waals surface area (Å²) in [6.45, 7) is 0. The molecule has 2 N–H and O–H groups in total. The molecule has 5 heteroatoms. The number of carbonyl (C=O) groups excluding carboxylic acids is 1. The number of nitrogens with zero attached hydrogens (tertiary/aromatic N) is 1. The predicted molar refractivity (Wildman–Crippen MR) is 121 cm³/mol. The number of rotatable bonds is 4. The van der Waals surface area contributed by atoms with Crippen molar-refractivity contribution in [3.8, 4) is 0 Å². The Kier molecular flexibility index (Phi) is 4.62. The Morgan fingerprint density at radius 2 is 1.74 bits per heavy atom. The van der Waals surface area contributed by atoms with Crippen LogP contribution in [0.25, 0.3) is 10.9 Å². The van der Waals surface area contributed by atoms with Crippen LogP contribution in [0.2, 0.25) is 0 Å². The van der Waals surface area contributed by atoms with Crippen molar-refractivity contribution in [1.29, 1.82) is 0 Å². The maximum atomic E-state index is 13.0. The molecule has 160 valence electrons. The number of aromatic nitrogens is 1. The average molecular weight is 416 g/mol. The Balaban J connectivity index is 1.49. The maximum Gasteiger partial charge on any atom is 0.323 e. The molecule has 2 aliphatic heterocycles. The van der Waals surface area contributed by atoms with E-state index in [1.165, 1.54) is 42.2 Å². The summed E-state index contributed by atoms with van der Waals surface area (Å²) in [5.74, 6) is -0.129. The highest BCUT2D eigenvalue weighted by Crippen LogP contribution is 2.49. The average Bonchev–Trinajstić information content (AvgIpc) is 3.55. The Labute approximate surface area is 182 Å². The third kappa shape index (κ3) is 3.27. The van der Waals surface area contributed by atoms with Crippen molar-refractivity contribution in [2.45, 2.75) is 62.3 Å². The number of fused-ring (bicyclic) bond motifs is 5. The van der Waals surface area contributed by atoms with Crippen LogP contribution in [0, 0.1) is 0 Å². The van der Waals surface area contributed by atoms with Crippen LogP contribution in [0.5, 0.6) is 0 Å². The number of ether oxygens (including phenoxy) is 1. The number of nitrogens with one attached hydrogen (secondary N) is 2. The van der Waals surface area contributed by atoms with Crippen LogP contribution in [0.4, 0.5) is 0 Å². The number of H-pyrrole nitrogens is 1. The van der Waals surface area contributed by atoms with Crippen molar-refractivity contribution in [1.82, 2.24) is 15.2 Å². The van der Waals surface area contributed by atoms with E-state index < -0.39 is 0 Å². The van der Waals surface area contributed by atoms with Gasteiger partial charge in [-0.3, -0.25) is 9.69 Å². The van der Waals surface area contributed by atoms with E-state index in [0.29, 0.717) is 18.5 Å². The third-order valence-electron chi connectivity index (χ3n) is 7.38. The van der Waals surface area contributed by atoms with E-state index in [2.05, 4.69) is 69.8 Å². The summed E-state index contributed by atoms with van der Waals surface area (Å²) in [6.07, 6.45) is 5.27. The van der Waals surface area contributed by atoms with Gasteiger partial charge in [-0.1, -0.05) is 48.5 Å². The predicted octanol–water partition coefficient (Wildman–Crippen LogP) is 4.26. The number of hydrogen-bond donors (Lipinski definition) is 2. The van der Waals surface area contributed by atoms with Gasteiger partial charge in [-0.15, -0.1) is 0 Å². The Bertz CT molecular complexity index is 1100. The second-order valence-electron chi connectivity index (χ2n) is 9.30. The lowest BCUT2D eigenvalue weighted by molar-refractivity contribution is -0.152. The standard InChI is InChI=1S/C26H29N3O2/c1-31-26(30)24-15-20-19-9-5-6-10-21(19)28-25(20)23-14-18(27-17-11-12-17)13-22(29(23)24)16-7-3-2-4-8-16/h2-10,17-18,22-24,27-28H,11-15H2,1H3/t18-,22+,23-,24+/m1/s1. The number of carbonyl (C=O) groups is 1. The molecule has 4 atom stereocenters. The summed E-state index contributed by atoms with van der Waals surface area (Å²) in [5, 5.41) is 5.13. The van der Waals surface area contributed by atoms with Crippen molar-refractivity contribution >= 4 is 16.9 Å². The fourth-order valence-electron chi connectivity index (χ4n) is 5.87. The highest BCUT2D eigenvalue weighted by molar-refractivity contribution is 5.87. The van der Waals surface area contributed by atoms with Crippen LogP contribution < -0.4 is 5.32 Å². The van der Waals surface area contributed by atoms with Crippen LogP contribution >= 0.6 is 0 Å². The van der Waals surface area contributed by atoms with Gasteiger partial charge in [0.2, 0.25) is 0 Å². The molecule has 2 aromatic carbocycles. The first-order valence-electron chi connectivity index (χ1n) is 11.5. The fourth-order valence-corrected chi connectivity index (χ4v) is 5.87. The first kappa shape index (κ1) is 19.1. The van der Waals surface area contributed by atoms with E-state index in [0.717, 1.165) is 18.4 Å². The number of hydrogen-bond acceptors (Lipinski definition) is 4. The molecule has 0 spiro atoms. The normalized spacial score (nSPS) is 28.2. The number of piperidine rings is 1. The van der Waals surface area contributed by atoms with Gasteiger partial charge in [0, 0.05) is 41.1 Å². The summed E-state index contributed by atoms with van der Waals surface area (Å²) < 4.78 is 5.32. The van der Waals surface area contributed by atoms with Crippen molar-refractivity contribution < 1.29 is 9.53 Å². The van der Waals surface area contributed by atoms with Gasteiger partial charge in [0.15, 0.2) is 0 Å². The van der Waals surface area contributed by atoms with Gasteiger partial charge in [-0.25, -0.2) is 0 Å². The molecule has 1 aliphatic carbocycles. The fraction of sp³-hybridized carbons (Fsp3) is 0.423. The van der Waals surface area contributed by atoms with E-state index in [4.69, 9.17) is 4.74 Å². The minimum absolute atomic E-state index is 0.129. The topological polar surface area (TPSA) is 57.4 Å². The second-order valence-corrected chi connectivity index (χ2v) is 9.30. The van der Waals surface area contributed by atoms with Gasteiger partial charge in [0.25, 0.3) is 0 Å². The van der Waals surface area contributed by atoms with Crippen molar-refractivity contribution in [2.75, 3.05) is 7.11 Å². The van der Waals surface area contributed by atoms with Gasteiger partial charge in [-0.2, -0.15) is 0 Å². The number of aromatic amines is 1. The lowest BCUT2D eigenvalue weighted by atomic mass is 9.79. The van der Waals surface area contributed by atoms with Crippen molar-refractivity contribution in [3.63, 3.8) is 0 Å².